The fraction of sp³-hybridized carbons (Fsp3) is 0.600. The molecular weight excluding hydrogens is 316 g/mol. The molecule has 0 aromatic heterocycles. The van der Waals surface area contributed by atoms with Crippen molar-refractivity contribution in [2.24, 2.45) is 5.92 Å². The summed E-state index contributed by atoms with van der Waals surface area (Å²) in [4.78, 5) is 29.5. The molecule has 1 saturated carbocycles. The van der Waals surface area contributed by atoms with Crippen LogP contribution in [0.3, 0.4) is 0 Å². The number of likely N-dealkylation sites (tertiary alicyclic amines) is 1. The maximum Gasteiger partial charge on any atom is 0.245 e. The molecule has 5 heteroatoms. The van der Waals surface area contributed by atoms with E-state index in [1.165, 1.54) is 0 Å². The largest absolute Gasteiger partial charge is 0.370 e. The van der Waals surface area contributed by atoms with Gasteiger partial charge in [0.1, 0.15) is 12.1 Å². The normalized spacial score (nSPS) is 29.7. The molecule has 1 aliphatic carbocycles. The molecule has 2 aliphatic heterocycles. The molecule has 5 nitrogen and oxygen atoms in total. The Morgan fingerprint density at radius 2 is 1.80 bits per heavy atom. The number of hydrogen-bond donors (Lipinski definition) is 0. The van der Waals surface area contributed by atoms with Crippen LogP contribution < -0.4 is 0 Å². The fourth-order valence-electron chi connectivity index (χ4n) is 3.98. The van der Waals surface area contributed by atoms with Gasteiger partial charge in [-0.15, -0.1) is 0 Å². The minimum atomic E-state index is -0.273. The van der Waals surface area contributed by atoms with Crippen LogP contribution in [0.5, 0.6) is 0 Å². The van der Waals surface area contributed by atoms with Crippen LogP contribution in [0.25, 0.3) is 0 Å². The molecule has 2 amide bonds. The Morgan fingerprint density at radius 3 is 2.52 bits per heavy atom. The number of ether oxygens (including phenoxy) is 1. The van der Waals surface area contributed by atoms with E-state index in [2.05, 4.69) is 0 Å². The average Bonchev–Trinajstić information content (AvgIpc) is 3.38. The summed E-state index contributed by atoms with van der Waals surface area (Å²) >= 11 is 0. The van der Waals surface area contributed by atoms with Gasteiger partial charge in [0, 0.05) is 12.5 Å². The summed E-state index contributed by atoms with van der Waals surface area (Å²) in [5.41, 5.74) is 1.10. The van der Waals surface area contributed by atoms with Gasteiger partial charge in [-0.25, -0.2) is 0 Å². The monoisotopic (exact) mass is 342 g/mol. The van der Waals surface area contributed by atoms with E-state index in [0.29, 0.717) is 13.2 Å². The van der Waals surface area contributed by atoms with Gasteiger partial charge in [-0.3, -0.25) is 9.59 Å². The Bertz CT molecular complexity index is 644. The summed E-state index contributed by atoms with van der Waals surface area (Å²) in [5.74, 6) is 0.465. The van der Waals surface area contributed by atoms with E-state index in [1.54, 1.807) is 0 Å². The van der Waals surface area contributed by atoms with E-state index < -0.39 is 0 Å². The maximum absolute atomic E-state index is 13.2. The highest BCUT2D eigenvalue weighted by Gasteiger charge is 2.43. The number of nitrogens with zero attached hydrogens (tertiary/aromatic N) is 2. The highest BCUT2D eigenvalue weighted by molar-refractivity contribution is 5.90. The number of benzene rings is 1. The highest BCUT2D eigenvalue weighted by atomic mass is 16.5. The molecule has 0 unspecified atom stereocenters. The third kappa shape index (κ3) is 3.30. The van der Waals surface area contributed by atoms with Crippen LogP contribution in [0.4, 0.5) is 0 Å². The van der Waals surface area contributed by atoms with Gasteiger partial charge in [0.25, 0.3) is 0 Å². The average molecular weight is 342 g/mol. The Labute approximate surface area is 148 Å². The minimum Gasteiger partial charge on any atom is -0.370 e. The molecule has 3 fully saturated rings. The quantitative estimate of drug-likeness (QED) is 0.847. The molecular formula is C20H26N2O3. The lowest BCUT2D eigenvalue weighted by atomic mass is 10.0. The molecule has 0 spiro atoms. The number of carbonyl (C=O) groups is 2. The van der Waals surface area contributed by atoms with E-state index in [9.17, 15) is 9.59 Å². The Morgan fingerprint density at radius 1 is 1.04 bits per heavy atom. The first-order valence-corrected chi connectivity index (χ1v) is 9.42. The maximum atomic E-state index is 13.2. The standard InChI is InChI=1S/C20H26N2O3/c1-14-13-25-18(15-6-3-2-4-7-15)12-22(14)20(24)17-8-5-11-21(17)19(23)16-9-10-16/h2-4,6-7,14,16-18H,5,8-13H2,1H3/t14-,17+,18+/m1/s1. The van der Waals surface area contributed by atoms with Gasteiger partial charge in [-0.05, 0) is 38.2 Å². The zero-order valence-electron chi connectivity index (χ0n) is 14.8. The molecule has 1 aromatic rings. The predicted octanol–water partition coefficient (Wildman–Crippen LogP) is 2.38. The van der Waals surface area contributed by atoms with Crippen molar-refractivity contribution in [1.29, 1.82) is 0 Å². The first-order valence-electron chi connectivity index (χ1n) is 9.42. The third-order valence-electron chi connectivity index (χ3n) is 5.64. The van der Waals surface area contributed by atoms with Crippen molar-refractivity contribution in [3.05, 3.63) is 35.9 Å². The van der Waals surface area contributed by atoms with Gasteiger partial charge in [0.05, 0.1) is 19.2 Å². The smallest absolute Gasteiger partial charge is 0.245 e. The van der Waals surface area contributed by atoms with Crippen LogP contribution in [-0.2, 0) is 14.3 Å². The molecule has 3 atom stereocenters. The van der Waals surface area contributed by atoms with Crippen LogP contribution in [-0.4, -0.2) is 53.4 Å². The van der Waals surface area contributed by atoms with Crippen LogP contribution in [0.2, 0.25) is 0 Å². The van der Waals surface area contributed by atoms with Gasteiger partial charge >= 0.3 is 0 Å². The van der Waals surface area contributed by atoms with Gasteiger partial charge < -0.3 is 14.5 Å². The molecule has 4 rings (SSSR count). The summed E-state index contributed by atoms with van der Waals surface area (Å²) in [6.07, 6.45) is 3.60. The van der Waals surface area contributed by atoms with Gasteiger partial charge in [-0.1, -0.05) is 30.3 Å². The number of morpholine rings is 1. The topological polar surface area (TPSA) is 49.9 Å². The molecule has 2 saturated heterocycles. The second kappa shape index (κ2) is 6.79. The minimum absolute atomic E-state index is 0.0472. The van der Waals surface area contributed by atoms with Crippen molar-refractivity contribution in [1.82, 2.24) is 9.80 Å². The molecule has 2 heterocycles. The molecule has 3 aliphatic rings. The van der Waals surface area contributed by atoms with Crippen LogP contribution in [0.15, 0.2) is 30.3 Å². The summed E-state index contributed by atoms with van der Waals surface area (Å²) in [7, 11) is 0. The van der Waals surface area contributed by atoms with Crippen molar-refractivity contribution in [3.63, 3.8) is 0 Å². The van der Waals surface area contributed by atoms with Crippen molar-refractivity contribution in [3.8, 4) is 0 Å². The first-order chi connectivity index (χ1) is 12.1. The van der Waals surface area contributed by atoms with Crippen molar-refractivity contribution >= 4 is 11.8 Å². The molecule has 0 bridgehead atoms. The van der Waals surface area contributed by atoms with Crippen LogP contribution >= 0.6 is 0 Å². The molecule has 0 N–H and O–H groups in total. The Balaban J connectivity index is 1.48. The Hall–Kier alpha value is -1.88. The highest BCUT2D eigenvalue weighted by Crippen LogP contribution is 2.34. The lowest BCUT2D eigenvalue weighted by molar-refractivity contribution is -0.153. The van der Waals surface area contributed by atoms with Gasteiger partial charge in [-0.2, -0.15) is 0 Å². The van der Waals surface area contributed by atoms with E-state index in [1.807, 2.05) is 47.1 Å². The van der Waals surface area contributed by atoms with Gasteiger partial charge in [0.15, 0.2) is 0 Å². The SMILES string of the molecule is C[C@@H]1CO[C@H](c2ccccc2)CN1C(=O)[C@@H]1CCCN1C(=O)C1CC1. The number of amides is 2. The van der Waals surface area contributed by atoms with E-state index >= 15 is 0 Å². The van der Waals surface area contributed by atoms with Crippen molar-refractivity contribution < 1.29 is 14.3 Å². The van der Waals surface area contributed by atoms with E-state index in [-0.39, 0.29) is 35.9 Å². The molecule has 0 radical (unpaired) electrons. The van der Waals surface area contributed by atoms with Crippen LogP contribution in [0, 0.1) is 5.92 Å². The van der Waals surface area contributed by atoms with E-state index in [0.717, 1.165) is 37.8 Å². The number of hydrogen-bond acceptors (Lipinski definition) is 3. The zero-order valence-corrected chi connectivity index (χ0v) is 14.8. The van der Waals surface area contributed by atoms with Crippen molar-refractivity contribution in [2.45, 2.75) is 50.8 Å². The summed E-state index contributed by atoms with van der Waals surface area (Å²) in [5, 5.41) is 0. The number of carbonyl (C=O) groups excluding carboxylic acids is 2. The molecule has 25 heavy (non-hydrogen) atoms. The van der Waals surface area contributed by atoms with Crippen LogP contribution in [0.1, 0.15) is 44.3 Å². The first kappa shape index (κ1) is 16.6. The summed E-state index contributed by atoms with van der Waals surface area (Å²) in [6, 6.07) is 9.84. The zero-order chi connectivity index (χ0) is 17.4. The Kier molecular flexibility index (Phi) is 4.50. The lowest BCUT2D eigenvalue weighted by Crippen LogP contribution is -2.55. The molecule has 134 valence electrons. The second-order valence-electron chi connectivity index (χ2n) is 7.54. The summed E-state index contributed by atoms with van der Waals surface area (Å²) < 4.78 is 5.97. The predicted molar refractivity (Wildman–Crippen MR) is 93.8 cm³/mol. The fourth-order valence-corrected chi connectivity index (χ4v) is 3.98. The van der Waals surface area contributed by atoms with Gasteiger partial charge in [0.2, 0.25) is 11.8 Å². The summed E-state index contributed by atoms with van der Waals surface area (Å²) in [6.45, 7) is 3.86. The van der Waals surface area contributed by atoms with E-state index in [4.69, 9.17) is 4.74 Å². The lowest BCUT2D eigenvalue weighted by Gasteiger charge is -2.40. The van der Waals surface area contributed by atoms with Crippen molar-refractivity contribution in [2.75, 3.05) is 19.7 Å². The molecule has 1 aromatic carbocycles. The second-order valence-corrected chi connectivity index (χ2v) is 7.54. The number of rotatable bonds is 3. The third-order valence-corrected chi connectivity index (χ3v) is 5.64.